The fourth-order valence-corrected chi connectivity index (χ4v) is 1.78. The van der Waals surface area contributed by atoms with Gasteiger partial charge in [-0.2, -0.15) is 0 Å². The molecule has 0 amide bonds. The zero-order chi connectivity index (χ0) is 12.1. The van der Waals surface area contributed by atoms with Crippen molar-refractivity contribution in [1.82, 2.24) is 4.98 Å². The Morgan fingerprint density at radius 2 is 2.18 bits per heavy atom. The monoisotopic (exact) mass is 231 g/mol. The molecule has 3 nitrogen and oxygen atoms in total. The molecule has 17 heavy (non-hydrogen) atoms. The fraction of sp³-hybridized carbons (Fsp3) is 0.357. The summed E-state index contributed by atoms with van der Waals surface area (Å²) < 4.78 is 5.23. The molecular weight excluding hydrogens is 214 g/mol. The summed E-state index contributed by atoms with van der Waals surface area (Å²) in [6, 6.07) is 9.88. The minimum absolute atomic E-state index is 0.501. The van der Waals surface area contributed by atoms with Gasteiger partial charge in [0.2, 0.25) is 0 Å². The van der Waals surface area contributed by atoms with Crippen LogP contribution in [0.25, 0.3) is 10.9 Å². The lowest BCUT2D eigenvalue weighted by Gasteiger charge is -2.11. The molecule has 0 radical (unpaired) electrons. The Bertz CT molecular complexity index is 484. The lowest BCUT2D eigenvalue weighted by Crippen LogP contribution is -2.03. The molecule has 90 valence electrons. The summed E-state index contributed by atoms with van der Waals surface area (Å²) >= 11 is 0. The third kappa shape index (κ3) is 3.02. The Hall–Kier alpha value is -1.45. The summed E-state index contributed by atoms with van der Waals surface area (Å²) in [6.45, 7) is 3.21. The number of para-hydroxylation sites is 1. The zero-order valence-electron chi connectivity index (χ0n) is 9.97. The van der Waals surface area contributed by atoms with E-state index in [-0.39, 0.29) is 0 Å². The van der Waals surface area contributed by atoms with Crippen LogP contribution in [0.2, 0.25) is 0 Å². The van der Waals surface area contributed by atoms with Gasteiger partial charge in [-0.3, -0.25) is 4.98 Å². The fourth-order valence-electron chi connectivity index (χ4n) is 1.78. The molecule has 1 atom stereocenters. The molecule has 2 rings (SSSR count). The van der Waals surface area contributed by atoms with Crippen LogP contribution in [0, 0.1) is 0 Å². The van der Waals surface area contributed by atoms with Crippen LogP contribution >= 0.6 is 0 Å². The minimum atomic E-state index is -0.501. The average molecular weight is 231 g/mol. The highest BCUT2D eigenvalue weighted by atomic mass is 16.5. The molecule has 0 spiro atoms. The van der Waals surface area contributed by atoms with Gasteiger partial charge in [-0.15, -0.1) is 0 Å². The first kappa shape index (κ1) is 12.0. The van der Waals surface area contributed by atoms with Crippen molar-refractivity contribution in [3.05, 3.63) is 42.1 Å². The van der Waals surface area contributed by atoms with E-state index in [0.717, 1.165) is 16.5 Å². The van der Waals surface area contributed by atoms with Crippen molar-refractivity contribution >= 4 is 10.9 Å². The van der Waals surface area contributed by atoms with Gasteiger partial charge in [-0.1, -0.05) is 18.2 Å². The SMILES string of the molecule is CCOCCC(O)c1cnc2ccccc2c1. The van der Waals surface area contributed by atoms with Gasteiger partial charge in [-0.25, -0.2) is 0 Å². The maximum absolute atomic E-state index is 9.99. The van der Waals surface area contributed by atoms with Gasteiger partial charge in [0, 0.05) is 31.2 Å². The largest absolute Gasteiger partial charge is 0.388 e. The second-order valence-corrected chi connectivity index (χ2v) is 3.96. The van der Waals surface area contributed by atoms with E-state index in [1.807, 2.05) is 37.3 Å². The van der Waals surface area contributed by atoms with E-state index in [2.05, 4.69) is 4.98 Å². The highest BCUT2D eigenvalue weighted by Crippen LogP contribution is 2.20. The van der Waals surface area contributed by atoms with Gasteiger partial charge in [0.1, 0.15) is 0 Å². The maximum atomic E-state index is 9.99. The predicted molar refractivity (Wildman–Crippen MR) is 67.8 cm³/mol. The van der Waals surface area contributed by atoms with Crippen molar-refractivity contribution in [2.45, 2.75) is 19.4 Å². The second kappa shape index (κ2) is 5.75. The number of ether oxygens (including phenoxy) is 1. The molecule has 0 aliphatic heterocycles. The number of benzene rings is 1. The van der Waals surface area contributed by atoms with Crippen LogP contribution in [0.15, 0.2) is 36.5 Å². The number of rotatable bonds is 5. The molecular formula is C14H17NO2. The number of nitrogens with zero attached hydrogens (tertiary/aromatic N) is 1. The van der Waals surface area contributed by atoms with Gasteiger partial charge >= 0.3 is 0 Å². The van der Waals surface area contributed by atoms with Crippen LogP contribution < -0.4 is 0 Å². The van der Waals surface area contributed by atoms with Gasteiger partial charge in [0.05, 0.1) is 11.6 Å². The van der Waals surface area contributed by atoms with E-state index >= 15 is 0 Å². The van der Waals surface area contributed by atoms with Crippen LogP contribution in [-0.2, 0) is 4.74 Å². The molecule has 0 aliphatic rings. The maximum Gasteiger partial charge on any atom is 0.0827 e. The first-order chi connectivity index (χ1) is 8.31. The first-order valence-corrected chi connectivity index (χ1v) is 5.91. The lowest BCUT2D eigenvalue weighted by molar-refractivity contribution is 0.0885. The second-order valence-electron chi connectivity index (χ2n) is 3.96. The topological polar surface area (TPSA) is 42.4 Å². The normalized spacial score (nSPS) is 12.8. The number of aromatic nitrogens is 1. The van der Waals surface area contributed by atoms with Gasteiger partial charge in [0.15, 0.2) is 0 Å². The van der Waals surface area contributed by atoms with Crippen LogP contribution in [-0.4, -0.2) is 23.3 Å². The highest BCUT2D eigenvalue weighted by molar-refractivity contribution is 5.78. The van der Waals surface area contributed by atoms with E-state index in [4.69, 9.17) is 4.74 Å². The van der Waals surface area contributed by atoms with Crippen molar-refractivity contribution in [2.75, 3.05) is 13.2 Å². The molecule has 2 aromatic rings. The summed E-state index contributed by atoms with van der Waals surface area (Å²) in [5, 5.41) is 11.0. The van der Waals surface area contributed by atoms with Crippen LogP contribution in [0.1, 0.15) is 25.0 Å². The summed E-state index contributed by atoms with van der Waals surface area (Å²) in [6.07, 6.45) is 1.84. The summed E-state index contributed by atoms with van der Waals surface area (Å²) in [4.78, 5) is 4.33. The quantitative estimate of drug-likeness (QED) is 0.804. The number of aliphatic hydroxyl groups is 1. The van der Waals surface area contributed by atoms with E-state index in [0.29, 0.717) is 19.6 Å². The molecule has 0 saturated carbocycles. The molecule has 0 fully saturated rings. The highest BCUT2D eigenvalue weighted by Gasteiger charge is 2.08. The van der Waals surface area contributed by atoms with E-state index in [9.17, 15) is 5.11 Å². The molecule has 1 aromatic heterocycles. The number of aliphatic hydroxyl groups excluding tert-OH is 1. The van der Waals surface area contributed by atoms with Crippen LogP contribution in [0.4, 0.5) is 0 Å². The Labute approximate surface area is 101 Å². The standard InChI is InChI=1S/C14H17NO2/c1-2-17-8-7-14(16)12-9-11-5-3-4-6-13(11)15-10-12/h3-6,9-10,14,16H,2,7-8H2,1H3. The number of hydrogen-bond acceptors (Lipinski definition) is 3. The van der Waals surface area contributed by atoms with Gasteiger partial charge < -0.3 is 9.84 Å². The first-order valence-electron chi connectivity index (χ1n) is 5.91. The molecule has 3 heteroatoms. The van der Waals surface area contributed by atoms with Crippen molar-refractivity contribution in [3.63, 3.8) is 0 Å². The molecule has 0 saturated heterocycles. The molecule has 1 unspecified atom stereocenters. The molecule has 1 aromatic carbocycles. The van der Waals surface area contributed by atoms with Crippen molar-refractivity contribution < 1.29 is 9.84 Å². The van der Waals surface area contributed by atoms with Crippen LogP contribution in [0.3, 0.4) is 0 Å². The number of hydrogen-bond donors (Lipinski definition) is 1. The van der Waals surface area contributed by atoms with Gasteiger partial charge in [0.25, 0.3) is 0 Å². The van der Waals surface area contributed by atoms with Crippen molar-refractivity contribution in [2.24, 2.45) is 0 Å². The van der Waals surface area contributed by atoms with Crippen LogP contribution in [0.5, 0.6) is 0 Å². The molecule has 1 heterocycles. The molecule has 0 aliphatic carbocycles. The number of fused-ring (bicyclic) bond motifs is 1. The molecule has 0 bridgehead atoms. The lowest BCUT2D eigenvalue weighted by atomic mass is 10.1. The smallest absolute Gasteiger partial charge is 0.0827 e. The minimum Gasteiger partial charge on any atom is -0.388 e. The summed E-state index contributed by atoms with van der Waals surface area (Å²) in [5.74, 6) is 0. The zero-order valence-corrected chi connectivity index (χ0v) is 9.97. The Balaban J connectivity index is 2.12. The van der Waals surface area contributed by atoms with E-state index < -0.39 is 6.10 Å². The van der Waals surface area contributed by atoms with Crippen molar-refractivity contribution in [1.29, 1.82) is 0 Å². The van der Waals surface area contributed by atoms with E-state index in [1.165, 1.54) is 0 Å². The predicted octanol–water partition coefficient (Wildman–Crippen LogP) is 2.69. The van der Waals surface area contributed by atoms with Crippen molar-refractivity contribution in [3.8, 4) is 0 Å². The third-order valence-electron chi connectivity index (χ3n) is 2.74. The van der Waals surface area contributed by atoms with E-state index in [1.54, 1.807) is 6.20 Å². The summed E-state index contributed by atoms with van der Waals surface area (Å²) in [7, 11) is 0. The van der Waals surface area contributed by atoms with Gasteiger partial charge in [-0.05, 0) is 24.6 Å². The Morgan fingerprint density at radius 3 is 3.00 bits per heavy atom. The molecule has 1 N–H and O–H groups in total. The third-order valence-corrected chi connectivity index (χ3v) is 2.74. The number of pyridine rings is 1. The Morgan fingerprint density at radius 1 is 1.35 bits per heavy atom. The average Bonchev–Trinajstić information content (AvgIpc) is 2.38. The summed E-state index contributed by atoms with van der Waals surface area (Å²) in [5.41, 5.74) is 1.80. The Kier molecular flexibility index (Phi) is 4.07.